The van der Waals surface area contributed by atoms with Crippen LogP contribution in [0.2, 0.25) is 0 Å². The van der Waals surface area contributed by atoms with E-state index in [1.807, 2.05) is 0 Å². The maximum atomic E-state index is 13.4. The van der Waals surface area contributed by atoms with Gasteiger partial charge in [-0.15, -0.1) is 0 Å². The summed E-state index contributed by atoms with van der Waals surface area (Å²) >= 11 is 0. The topological polar surface area (TPSA) is 69.4 Å². The van der Waals surface area contributed by atoms with E-state index in [1.165, 1.54) is 6.07 Å². The van der Waals surface area contributed by atoms with Gasteiger partial charge in [0.1, 0.15) is 11.6 Å². The van der Waals surface area contributed by atoms with E-state index in [9.17, 15) is 23.7 Å². The Morgan fingerprint density at radius 2 is 1.80 bits per heavy atom. The first kappa shape index (κ1) is 13.6. The number of nitrogens with zero attached hydrogens (tertiary/aromatic N) is 1. The number of nitro benzene ring substituents is 1. The van der Waals surface area contributed by atoms with Gasteiger partial charge >= 0.3 is 0 Å². The van der Waals surface area contributed by atoms with Crippen LogP contribution in [0, 0.1) is 21.7 Å². The lowest BCUT2D eigenvalue weighted by Gasteiger charge is -2.08. The van der Waals surface area contributed by atoms with Gasteiger partial charge in [0.25, 0.3) is 5.69 Å². The molecule has 0 atom stereocenters. The maximum Gasteiger partial charge on any atom is 0.270 e. The summed E-state index contributed by atoms with van der Waals surface area (Å²) in [5.74, 6) is -2.06. The van der Waals surface area contributed by atoms with Crippen LogP contribution < -0.4 is 4.74 Å². The SMILES string of the molecule is O=Cc1cc([N+](=O)[O-])ccc1Oc1ccc(F)cc1F. The Bertz CT molecular complexity index is 688. The number of carbonyl (C=O) groups excluding carboxylic acids is 1. The second kappa shape index (κ2) is 5.43. The van der Waals surface area contributed by atoms with Crippen LogP contribution in [-0.4, -0.2) is 11.2 Å². The van der Waals surface area contributed by atoms with Gasteiger partial charge < -0.3 is 4.74 Å². The Hall–Kier alpha value is -2.83. The zero-order valence-corrected chi connectivity index (χ0v) is 9.88. The lowest BCUT2D eigenvalue weighted by atomic mass is 10.2. The summed E-state index contributed by atoms with van der Waals surface area (Å²) < 4.78 is 31.3. The first-order chi connectivity index (χ1) is 9.51. The van der Waals surface area contributed by atoms with E-state index >= 15 is 0 Å². The molecule has 0 aliphatic carbocycles. The molecule has 0 aliphatic rings. The number of halogens is 2. The average Bonchev–Trinajstić information content (AvgIpc) is 2.42. The lowest BCUT2D eigenvalue weighted by molar-refractivity contribution is -0.384. The van der Waals surface area contributed by atoms with Crippen molar-refractivity contribution in [2.75, 3.05) is 0 Å². The molecule has 2 aromatic rings. The van der Waals surface area contributed by atoms with Crippen molar-refractivity contribution in [3.8, 4) is 11.5 Å². The van der Waals surface area contributed by atoms with E-state index in [1.54, 1.807) is 0 Å². The summed E-state index contributed by atoms with van der Waals surface area (Å²) in [4.78, 5) is 20.8. The number of non-ortho nitro benzene ring substituents is 1. The maximum absolute atomic E-state index is 13.4. The van der Waals surface area contributed by atoms with Gasteiger partial charge in [-0.2, -0.15) is 0 Å². The van der Waals surface area contributed by atoms with Crippen molar-refractivity contribution in [2.24, 2.45) is 0 Å². The molecule has 7 heteroatoms. The average molecular weight is 279 g/mol. The molecule has 0 heterocycles. The van der Waals surface area contributed by atoms with Gasteiger partial charge in [-0.05, 0) is 18.2 Å². The van der Waals surface area contributed by atoms with Gasteiger partial charge in [0.2, 0.25) is 0 Å². The van der Waals surface area contributed by atoms with Gasteiger partial charge in [0, 0.05) is 18.2 Å². The van der Waals surface area contributed by atoms with Crippen molar-refractivity contribution in [1.29, 1.82) is 0 Å². The molecule has 102 valence electrons. The Morgan fingerprint density at radius 1 is 1.10 bits per heavy atom. The third-order valence-electron chi connectivity index (χ3n) is 2.44. The summed E-state index contributed by atoms with van der Waals surface area (Å²) in [6.45, 7) is 0. The second-order valence-electron chi connectivity index (χ2n) is 3.77. The molecule has 2 rings (SSSR count). The second-order valence-corrected chi connectivity index (χ2v) is 3.77. The number of nitro groups is 1. The van der Waals surface area contributed by atoms with Crippen molar-refractivity contribution >= 4 is 12.0 Å². The minimum Gasteiger partial charge on any atom is -0.454 e. The Morgan fingerprint density at radius 3 is 2.40 bits per heavy atom. The summed E-state index contributed by atoms with van der Waals surface area (Å²) in [6.07, 6.45) is 0.351. The van der Waals surface area contributed by atoms with E-state index < -0.39 is 16.6 Å². The van der Waals surface area contributed by atoms with Gasteiger partial charge in [-0.25, -0.2) is 8.78 Å². The molecule has 0 radical (unpaired) electrons. The third-order valence-corrected chi connectivity index (χ3v) is 2.44. The van der Waals surface area contributed by atoms with E-state index in [2.05, 4.69) is 0 Å². The molecule has 0 bridgehead atoms. The van der Waals surface area contributed by atoms with Crippen molar-refractivity contribution in [2.45, 2.75) is 0 Å². The van der Waals surface area contributed by atoms with Crippen molar-refractivity contribution in [3.63, 3.8) is 0 Å². The molecule has 0 aromatic heterocycles. The van der Waals surface area contributed by atoms with E-state index in [0.717, 1.165) is 24.3 Å². The molecule has 0 spiro atoms. The van der Waals surface area contributed by atoms with E-state index in [4.69, 9.17) is 4.74 Å². The molecule has 2 aromatic carbocycles. The number of rotatable bonds is 4. The fourth-order valence-corrected chi connectivity index (χ4v) is 1.51. The van der Waals surface area contributed by atoms with Crippen LogP contribution in [-0.2, 0) is 0 Å². The molecule has 20 heavy (non-hydrogen) atoms. The fraction of sp³-hybridized carbons (Fsp3) is 0. The number of aldehydes is 1. The normalized spacial score (nSPS) is 10.1. The van der Waals surface area contributed by atoms with Gasteiger partial charge in [0.15, 0.2) is 17.9 Å². The van der Waals surface area contributed by atoms with Crippen LogP contribution in [0.5, 0.6) is 11.5 Å². The Balaban J connectivity index is 2.38. The van der Waals surface area contributed by atoms with E-state index in [0.29, 0.717) is 12.4 Å². The highest BCUT2D eigenvalue weighted by Crippen LogP contribution is 2.29. The van der Waals surface area contributed by atoms with Crippen LogP contribution in [0.1, 0.15) is 10.4 Å². The van der Waals surface area contributed by atoms with Crippen molar-refractivity contribution in [3.05, 3.63) is 63.7 Å². The van der Waals surface area contributed by atoms with Crippen LogP contribution in [0.3, 0.4) is 0 Å². The summed E-state index contributed by atoms with van der Waals surface area (Å²) in [5.41, 5.74) is -0.401. The largest absolute Gasteiger partial charge is 0.454 e. The molecule has 0 amide bonds. The number of hydrogen-bond donors (Lipinski definition) is 0. The summed E-state index contributed by atoms with van der Waals surface area (Å²) in [5, 5.41) is 10.6. The zero-order valence-electron chi connectivity index (χ0n) is 9.88. The predicted molar refractivity (Wildman–Crippen MR) is 64.9 cm³/mol. The van der Waals surface area contributed by atoms with Crippen LogP contribution in [0.15, 0.2) is 36.4 Å². The number of hydrogen-bond acceptors (Lipinski definition) is 4. The molecule has 0 aliphatic heterocycles. The standard InChI is InChI=1S/C13H7F2NO4/c14-9-1-3-13(11(15)6-9)20-12-4-2-10(16(18)19)5-8(12)7-17/h1-7H. The molecule has 0 saturated carbocycles. The van der Waals surface area contributed by atoms with Crippen LogP contribution >= 0.6 is 0 Å². The molecule has 0 saturated heterocycles. The Labute approximate surface area is 111 Å². The first-order valence-corrected chi connectivity index (χ1v) is 5.38. The monoisotopic (exact) mass is 279 g/mol. The smallest absolute Gasteiger partial charge is 0.270 e. The minimum absolute atomic E-state index is 0.0592. The zero-order chi connectivity index (χ0) is 14.7. The number of benzene rings is 2. The highest BCUT2D eigenvalue weighted by Gasteiger charge is 2.13. The summed E-state index contributed by atoms with van der Waals surface area (Å²) in [6, 6.07) is 5.96. The molecule has 5 nitrogen and oxygen atoms in total. The molecular formula is C13H7F2NO4. The Kier molecular flexibility index (Phi) is 3.69. The molecule has 0 N–H and O–H groups in total. The molecule has 0 unspecified atom stereocenters. The highest BCUT2D eigenvalue weighted by atomic mass is 19.1. The van der Waals surface area contributed by atoms with Crippen molar-refractivity contribution in [1.82, 2.24) is 0 Å². The third kappa shape index (κ3) is 2.77. The quantitative estimate of drug-likeness (QED) is 0.488. The lowest BCUT2D eigenvalue weighted by Crippen LogP contribution is -1.95. The van der Waals surface area contributed by atoms with E-state index in [-0.39, 0.29) is 22.7 Å². The molecule has 0 fully saturated rings. The fourth-order valence-electron chi connectivity index (χ4n) is 1.51. The number of ether oxygens (including phenoxy) is 1. The minimum atomic E-state index is -0.944. The van der Waals surface area contributed by atoms with Gasteiger partial charge in [-0.1, -0.05) is 0 Å². The molecular weight excluding hydrogens is 272 g/mol. The van der Waals surface area contributed by atoms with Gasteiger partial charge in [0.05, 0.1) is 10.5 Å². The van der Waals surface area contributed by atoms with Crippen LogP contribution in [0.25, 0.3) is 0 Å². The summed E-state index contributed by atoms with van der Waals surface area (Å²) in [7, 11) is 0. The highest BCUT2D eigenvalue weighted by molar-refractivity contribution is 5.80. The number of carbonyl (C=O) groups is 1. The van der Waals surface area contributed by atoms with Gasteiger partial charge in [-0.3, -0.25) is 14.9 Å². The predicted octanol–water partition coefficient (Wildman–Crippen LogP) is 3.48. The van der Waals surface area contributed by atoms with Crippen molar-refractivity contribution < 1.29 is 23.2 Å². The first-order valence-electron chi connectivity index (χ1n) is 5.38. The van der Waals surface area contributed by atoms with Crippen LogP contribution in [0.4, 0.5) is 14.5 Å².